The first-order valence-electron chi connectivity index (χ1n) is 10.2. The zero-order chi connectivity index (χ0) is 19.5. The normalized spacial score (nSPS) is 15.8. The van der Waals surface area contributed by atoms with E-state index in [0.717, 1.165) is 82.2 Å². The van der Waals surface area contributed by atoms with E-state index in [1.807, 2.05) is 0 Å². The highest BCUT2D eigenvalue weighted by molar-refractivity contribution is 14.0. The molecular weight excluding hydrogens is 467 g/mol. The van der Waals surface area contributed by atoms with Crippen LogP contribution < -0.4 is 15.4 Å². The molecule has 7 heteroatoms. The predicted octanol–water partition coefficient (Wildman–Crippen LogP) is 2.57. The maximum absolute atomic E-state index is 9.57. The van der Waals surface area contributed by atoms with E-state index >= 15 is 0 Å². The van der Waals surface area contributed by atoms with Crippen LogP contribution in [0.15, 0.2) is 23.2 Å². The quantitative estimate of drug-likeness (QED) is 0.209. The number of guanidine groups is 1. The molecule has 0 unspecified atom stereocenters. The maximum Gasteiger partial charge on any atom is 0.191 e. The smallest absolute Gasteiger partial charge is 0.191 e. The van der Waals surface area contributed by atoms with E-state index in [0.29, 0.717) is 0 Å². The standard InChI is InChI=1S/C21H36N4O2.HI/c1-4-22-21(23-11-5-13-25-14-9-19(26)10-15-25)24-12-8-18-7-6-17(2)20(16-18)27-3;/h6-7,16,19,26H,4-5,8-15H2,1-3H3,(H2,22,23,24);1H. The molecule has 0 aromatic heterocycles. The minimum Gasteiger partial charge on any atom is -0.496 e. The molecule has 0 saturated carbocycles. The van der Waals surface area contributed by atoms with Gasteiger partial charge in [0.25, 0.3) is 0 Å². The van der Waals surface area contributed by atoms with Gasteiger partial charge in [-0.1, -0.05) is 12.1 Å². The highest BCUT2D eigenvalue weighted by atomic mass is 127. The molecule has 0 aliphatic carbocycles. The van der Waals surface area contributed by atoms with E-state index in [1.165, 1.54) is 5.56 Å². The summed E-state index contributed by atoms with van der Waals surface area (Å²) in [7, 11) is 1.71. The second kappa shape index (κ2) is 14.0. The van der Waals surface area contributed by atoms with Crippen molar-refractivity contribution in [3.63, 3.8) is 0 Å². The molecule has 28 heavy (non-hydrogen) atoms. The third kappa shape index (κ3) is 8.96. The van der Waals surface area contributed by atoms with Crippen LogP contribution in [0.2, 0.25) is 0 Å². The number of likely N-dealkylation sites (tertiary alicyclic amines) is 1. The molecule has 3 N–H and O–H groups in total. The average Bonchev–Trinajstić information content (AvgIpc) is 2.67. The number of ether oxygens (including phenoxy) is 1. The van der Waals surface area contributed by atoms with Crippen molar-refractivity contribution in [2.24, 2.45) is 4.99 Å². The molecule has 2 rings (SSSR count). The molecule has 0 spiro atoms. The van der Waals surface area contributed by atoms with E-state index in [2.05, 4.69) is 52.6 Å². The number of nitrogens with one attached hydrogen (secondary N) is 2. The molecule has 1 aromatic carbocycles. The number of aryl methyl sites for hydroxylation is 1. The van der Waals surface area contributed by atoms with Crippen molar-refractivity contribution in [3.8, 4) is 5.75 Å². The lowest BCUT2D eigenvalue weighted by molar-refractivity contribution is 0.0824. The van der Waals surface area contributed by atoms with Crippen molar-refractivity contribution < 1.29 is 9.84 Å². The Bertz CT molecular complexity index is 590. The first kappa shape index (κ1) is 25.0. The lowest BCUT2D eigenvalue weighted by Crippen LogP contribution is -2.39. The largest absolute Gasteiger partial charge is 0.496 e. The lowest BCUT2D eigenvalue weighted by atomic mass is 10.1. The summed E-state index contributed by atoms with van der Waals surface area (Å²) in [5, 5.41) is 16.3. The van der Waals surface area contributed by atoms with Crippen LogP contribution in [0.3, 0.4) is 0 Å². The number of piperidine rings is 1. The first-order chi connectivity index (χ1) is 13.1. The summed E-state index contributed by atoms with van der Waals surface area (Å²) >= 11 is 0. The van der Waals surface area contributed by atoms with Crippen molar-refractivity contribution in [2.45, 2.75) is 45.6 Å². The van der Waals surface area contributed by atoms with Crippen LogP contribution in [0.4, 0.5) is 0 Å². The van der Waals surface area contributed by atoms with Crippen molar-refractivity contribution in [1.82, 2.24) is 15.5 Å². The van der Waals surface area contributed by atoms with Crippen molar-refractivity contribution >= 4 is 29.9 Å². The Labute approximate surface area is 187 Å². The zero-order valence-electron chi connectivity index (χ0n) is 17.5. The highest BCUT2D eigenvalue weighted by Gasteiger charge is 2.15. The number of halogens is 1. The number of aliphatic imine (C=N–C) groups is 1. The van der Waals surface area contributed by atoms with Gasteiger partial charge in [-0.05, 0) is 63.3 Å². The Morgan fingerprint density at radius 2 is 2.04 bits per heavy atom. The van der Waals surface area contributed by atoms with Crippen LogP contribution in [-0.2, 0) is 6.42 Å². The van der Waals surface area contributed by atoms with E-state index in [4.69, 9.17) is 4.74 Å². The predicted molar refractivity (Wildman–Crippen MR) is 127 cm³/mol. The Morgan fingerprint density at radius 3 is 2.71 bits per heavy atom. The Morgan fingerprint density at radius 1 is 1.29 bits per heavy atom. The fourth-order valence-corrected chi connectivity index (χ4v) is 3.32. The summed E-state index contributed by atoms with van der Waals surface area (Å²) < 4.78 is 5.40. The van der Waals surface area contributed by atoms with Gasteiger partial charge in [0, 0.05) is 32.7 Å². The Balaban J connectivity index is 0.00000392. The SMILES string of the molecule is CCNC(=NCCCN1CCC(O)CC1)NCCc1ccc(C)c(OC)c1.I. The zero-order valence-corrected chi connectivity index (χ0v) is 19.9. The summed E-state index contributed by atoms with van der Waals surface area (Å²) in [6.45, 7) is 9.71. The van der Waals surface area contributed by atoms with Gasteiger partial charge in [0.1, 0.15) is 5.75 Å². The summed E-state index contributed by atoms with van der Waals surface area (Å²) in [6.07, 6.45) is 3.67. The van der Waals surface area contributed by atoms with Crippen LogP contribution >= 0.6 is 24.0 Å². The number of hydrogen-bond donors (Lipinski definition) is 3. The second-order valence-corrected chi connectivity index (χ2v) is 7.17. The molecule has 1 heterocycles. The Hall–Kier alpha value is -1.06. The molecule has 0 bridgehead atoms. The number of aliphatic hydroxyl groups excluding tert-OH is 1. The van der Waals surface area contributed by atoms with Gasteiger partial charge < -0.3 is 25.4 Å². The first-order valence-corrected chi connectivity index (χ1v) is 10.2. The third-order valence-corrected chi connectivity index (χ3v) is 4.98. The van der Waals surface area contributed by atoms with E-state index in [9.17, 15) is 5.11 Å². The third-order valence-electron chi connectivity index (χ3n) is 4.98. The molecule has 0 radical (unpaired) electrons. The van der Waals surface area contributed by atoms with Crippen LogP contribution in [-0.4, -0.2) is 68.4 Å². The lowest BCUT2D eigenvalue weighted by Gasteiger charge is -2.29. The van der Waals surface area contributed by atoms with E-state index < -0.39 is 0 Å². The fourth-order valence-electron chi connectivity index (χ4n) is 3.32. The van der Waals surface area contributed by atoms with Crippen LogP contribution in [0.25, 0.3) is 0 Å². The van der Waals surface area contributed by atoms with Crippen molar-refractivity contribution in [1.29, 1.82) is 0 Å². The molecule has 160 valence electrons. The number of methoxy groups -OCH3 is 1. The summed E-state index contributed by atoms with van der Waals surface area (Å²) in [5.41, 5.74) is 2.42. The average molecular weight is 504 g/mol. The van der Waals surface area contributed by atoms with E-state index in [-0.39, 0.29) is 30.1 Å². The number of aliphatic hydroxyl groups is 1. The summed E-state index contributed by atoms with van der Waals surface area (Å²) in [4.78, 5) is 7.11. The van der Waals surface area contributed by atoms with Crippen LogP contribution in [0.5, 0.6) is 5.75 Å². The number of hydrogen-bond acceptors (Lipinski definition) is 4. The molecule has 0 atom stereocenters. The van der Waals surface area contributed by atoms with Crippen LogP contribution in [0, 0.1) is 6.92 Å². The monoisotopic (exact) mass is 504 g/mol. The minimum atomic E-state index is -0.0997. The molecule has 1 aliphatic heterocycles. The second-order valence-electron chi connectivity index (χ2n) is 7.17. The molecule has 1 aliphatic rings. The van der Waals surface area contributed by atoms with Gasteiger partial charge in [-0.15, -0.1) is 24.0 Å². The topological polar surface area (TPSA) is 69.1 Å². The van der Waals surface area contributed by atoms with Crippen molar-refractivity contribution in [2.75, 3.05) is 46.4 Å². The number of nitrogens with zero attached hydrogens (tertiary/aromatic N) is 2. The number of rotatable bonds is 9. The maximum atomic E-state index is 9.57. The molecule has 1 aromatic rings. The van der Waals surface area contributed by atoms with Gasteiger partial charge in [0.15, 0.2) is 5.96 Å². The molecule has 0 amide bonds. The highest BCUT2D eigenvalue weighted by Crippen LogP contribution is 2.19. The van der Waals surface area contributed by atoms with Gasteiger partial charge in [-0.2, -0.15) is 0 Å². The summed E-state index contributed by atoms with van der Waals surface area (Å²) in [5.74, 6) is 1.82. The van der Waals surface area contributed by atoms with Crippen LogP contribution in [0.1, 0.15) is 37.3 Å². The fraction of sp³-hybridized carbons (Fsp3) is 0.667. The summed E-state index contributed by atoms with van der Waals surface area (Å²) in [6, 6.07) is 6.36. The van der Waals surface area contributed by atoms with Gasteiger partial charge in [0.2, 0.25) is 0 Å². The molecule has 6 nitrogen and oxygen atoms in total. The van der Waals surface area contributed by atoms with Gasteiger partial charge in [0.05, 0.1) is 13.2 Å². The van der Waals surface area contributed by atoms with Crippen molar-refractivity contribution in [3.05, 3.63) is 29.3 Å². The van der Waals surface area contributed by atoms with Gasteiger partial charge >= 0.3 is 0 Å². The van der Waals surface area contributed by atoms with Gasteiger partial charge in [-0.25, -0.2) is 0 Å². The molecule has 1 fully saturated rings. The van der Waals surface area contributed by atoms with Gasteiger partial charge in [-0.3, -0.25) is 4.99 Å². The minimum absolute atomic E-state index is 0. The number of benzene rings is 1. The molecular formula is C21H37IN4O2. The van der Waals surface area contributed by atoms with E-state index in [1.54, 1.807) is 7.11 Å². The molecule has 1 saturated heterocycles. The Kier molecular flexibility index (Phi) is 12.5.